The Hall–Kier alpha value is -0.700. The van der Waals surface area contributed by atoms with Crippen molar-refractivity contribution in [1.82, 2.24) is 0 Å². The minimum Gasteiger partial charge on any atom is -0.299 e. The number of carbonyl (C=O) groups is 1. The van der Waals surface area contributed by atoms with Crippen LogP contribution in [0.4, 0.5) is 4.39 Å². The molecule has 1 aliphatic rings. The number of rotatable bonds is 2. The minimum absolute atomic E-state index is 0.129. The van der Waals surface area contributed by atoms with Crippen LogP contribution in [0, 0.1) is 5.82 Å². The van der Waals surface area contributed by atoms with Crippen LogP contribution < -0.4 is 0 Å². The van der Waals surface area contributed by atoms with Gasteiger partial charge in [-0.15, -0.1) is 0 Å². The smallest absolute Gasteiger partial charge is 0.140 e. The average Bonchev–Trinajstić information content (AvgIpc) is 2.90. The van der Waals surface area contributed by atoms with Gasteiger partial charge in [-0.1, -0.05) is 15.9 Å². The molecule has 0 N–H and O–H groups in total. The van der Waals surface area contributed by atoms with Crippen molar-refractivity contribution in [2.45, 2.75) is 25.2 Å². The highest BCUT2D eigenvalue weighted by Crippen LogP contribution is 2.51. The highest BCUT2D eigenvalue weighted by Gasteiger charge is 2.49. The third-order valence-corrected chi connectivity index (χ3v) is 3.56. The molecule has 1 aromatic carbocycles. The third-order valence-electron chi connectivity index (χ3n) is 2.87. The predicted octanol–water partition coefficient (Wildman–Crippen LogP) is 3.21. The normalized spacial score (nSPS) is 17.9. The molecule has 0 radical (unpaired) electrons. The lowest BCUT2D eigenvalue weighted by Gasteiger charge is -2.13. The lowest BCUT2D eigenvalue weighted by atomic mass is 9.92. The van der Waals surface area contributed by atoms with E-state index in [1.54, 1.807) is 13.0 Å². The summed E-state index contributed by atoms with van der Waals surface area (Å²) in [6, 6.07) is 4.51. The number of Topliss-reactive ketones (excluding diaryl/α,β-unsaturated/α-hetero) is 1. The minimum atomic E-state index is -0.402. The molecule has 0 unspecified atom stereocenters. The largest absolute Gasteiger partial charge is 0.299 e. The van der Waals surface area contributed by atoms with Crippen LogP contribution in [0.2, 0.25) is 0 Å². The molecule has 0 aromatic heterocycles. The van der Waals surface area contributed by atoms with Gasteiger partial charge in [-0.3, -0.25) is 4.79 Å². The number of hydrogen-bond acceptors (Lipinski definition) is 1. The average molecular weight is 257 g/mol. The standard InChI is InChI=1S/C11H10BrFO/c1-7(14)11(4-5-11)9-6-8(13)2-3-10(9)12/h2-3,6H,4-5H2,1H3. The fourth-order valence-electron chi connectivity index (χ4n) is 1.80. The molecule has 0 bridgehead atoms. The number of benzene rings is 1. The molecule has 0 aliphatic heterocycles. The van der Waals surface area contributed by atoms with Crippen LogP contribution in [0.15, 0.2) is 22.7 Å². The van der Waals surface area contributed by atoms with Gasteiger partial charge >= 0.3 is 0 Å². The van der Waals surface area contributed by atoms with Gasteiger partial charge in [-0.05, 0) is 43.5 Å². The summed E-state index contributed by atoms with van der Waals surface area (Å²) in [4.78, 5) is 11.4. The van der Waals surface area contributed by atoms with Crippen LogP contribution in [-0.4, -0.2) is 5.78 Å². The Labute approximate surface area is 90.4 Å². The van der Waals surface area contributed by atoms with Crippen molar-refractivity contribution in [3.8, 4) is 0 Å². The second-order valence-electron chi connectivity index (χ2n) is 3.76. The molecule has 1 aromatic rings. The molecule has 0 amide bonds. The second-order valence-corrected chi connectivity index (χ2v) is 4.62. The summed E-state index contributed by atoms with van der Waals surface area (Å²) >= 11 is 3.36. The van der Waals surface area contributed by atoms with E-state index < -0.39 is 5.41 Å². The zero-order valence-corrected chi connectivity index (χ0v) is 9.40. The van der Waals surface area contributed by atoms with Crippen molar-refractivity contribution < 1.29 is 9.18 Å². The quantitative estimate of drug-likeness (QED) is 0.795. The maximum Gasteiger partial charge on any atom is 0.140 e. The SMILES string of the molecule is CC(=O)C1(c2cc(F)ccc2Br)CC1. The number of ketones is 1. The molecule has 0 heterocycles. The molecular formula is C11H10BrFO. The van der Waals surface area contributed by atoms with Gasteiger partial charge in [-0.25, -0.2) is 4.39 Å². The van der Waals surface area contributed by atoms with Crippen LogP contribution in [0.5, 0.6) is 0 Å². The predicted molar refractivity (Wildman–Crippen MR) is 55.7 cm³/mol. The van der Waals surface area contributed by atoms with E-state index in [0.717, 1.165) is 22.9 Å². The van der Waals surface area contributed by atoms with E-state index in [4.69, 9.17) is 0 Å². The number of hydrogen-bond donors (Lipinski definition) is 0. The molecule has 74 valence electrons. The Kier molecular flexibility index (Phi) is 2.22. The van der Waals surface area contributed by atoms with Crippen LogP contribution in [-0.2, 0) is 10.2 Å². The highest BCUT2D eigenvalue weighted by atomic mass is 79.9. The van der Waals surface area contributed by atoms with Crippen molar-refractivity contribution in [3.63, 3.8) is 0 Å². The molecule has 0 saturated heterocycles. The molecular weight excluding hydrogens is 247 g/mol. The summed E-state index contributed by atoms with van der Waals surface area (Å²) in [6.07, 6.45) is 1.68. The second kappa shape index (κ2) is 3.16. The van der Waals surface area contributed by atoms with Crippen molar-refractivity contribution in [2.75, 3.05) is 0 Å². The molecule has 14 heavy (non-hydrogen) atoms. The first-order valence-corrected chi connectivity index (χ1v) is 5.32. The molecule has 1 aliphatic carbocycles. The summed E-state index contributed by atoms with van der Waals surface area (Å²) in [5.41, 5.74) is 0.394. The lowest BCUT2D eigenvalue weighted by Crippen LogP contribution is -2.17. The maximum absolute atomic E-state index is 13.0. The number of carbonyl (C=O) groups excluding carboxylic acids is 1. The summed E-state index contributed by atoms with van der Waals surface area (Å²) in [7, 11) is 0. The summed E-state index contributed by atoms with van der Waals surface area (Å²) < 4.78 is 13.9. The van der Waals surface area contributed by atoms with Crippen molar-refractivity contribution >= 4 is 21.7 Å². The first-order valence-electron chi connectivity index (χ1n) is 4.53. The van der Waals surface area contributed by atoms with Crippen LogP contribution in [0.1, 0.15) is 25.3 Å². The van der Waals surface area contributed by atoms with E-state index in [2.05, 4.69) is 15.9 Å². The topological polar surface area (TPSA) is 17.1 Å². The van der Waals surface area contributed by atoms with Crippen LogP contribution >= 0.6 is 15.9 Å². The molecule has 1 saturated carbocycles. The fourth-order valence-corrected chi connectivity index (χ4v) is 2.43. The lowest BCUT2D eigenvalue weighted by molar-refractivity contribution is -0.119. The Morgan fingerprint density at radius 2 is 2.14 bits per heavy atom. The monoisotopic (exact) mass is 256 g/mol. The van der Waals surface area contributed by atoms with Gasteiger partial charge in [0, 0.05) is 4.47 Å². The van der Waals surface area contributed by atoms with E-state index in [0.29, 0.717) is 0 Å². The Morgan fingerprint density at radius 3 is 2.64 bits per heavy atom. The summed E-state index contributed by atoms with van der Waals surface area (Å²) in [5.74, 6) is -0.153. The number of halogens is 2. The molecule has 0 spiro atoms. The van der Waals surface area contributed by atoms with E-state index in [1.807, 2.05) is 0 Å². The van der Waals surface area contributed by atoms with Gasteiger partial charge in [0.25, 0.3) is 0 Å². The first kappa shape index (κ1) is 9.84. The van der Waals surface area contributed by atoms with Gasteiger partial charge in [0.1, 0.15) is 11.6 Å². The fraction of sp³-hybridized carbons (Fsp3) is 0.364. The summed E-state index contributed by atoms with van der Waals surface area (Å²) in [6.45, 7) is 1.57. The Balaban J connectivity index is 2.51. The van der Waals surface area contributed by atoms with Crippen molar-refractivity contribution in [1.29, 1.82) is 0 Å². The summed E-state index contributed by atoms with van der Waals surface area (Å²) in [5, 5.41) is 0. The molecule has 3 heteroatoms. The molecule has 1 nitrogen and oxygen atoms in total. The van der Waals surface area contributed by atoms with E-state index in [-0.39, 0.29) is 11.6 Å². The van der Waals surface area contributed by atoms with Gasteiger partial charge < -0.3 is 0 Å². The van der Waals surface area contributed by atoms with Crippen LogP contribution in [0.3, 0.4) is 0 Å². The maximum atomic E-state index is 13.0. The highest BCUT2D eigenvalue weighted by molar-refractivity contribution is 9.10. The molecule has 1 fully saturated rings. The first-order chi connectivity index (χ1) is 6.56. The van der Waals surface area contributed by atoms with Gasteiger partial charge in [0.05, 0.1) is 5.41 Å². The molecule has 0 atom stereocenters. The van der Waals surface area contributed by atoms with Gasteiger partial charge in [0.2, 0.25) is 0 Å². The Morgan fingerprint density at radius 1 is 1.50 bits per heavy atom. The van der Waals surface area contributed by atoms with Gasteiger partial charge in [-0.2, -0.15) is 0 Å². The third kappa shape index (κ3) is 1.40. The molecule has 2 rings (SSSR count). The van der Waals surface area contributed by atoms with E-state index in [1.165, 1.54) is 12.1 Å². The Bertz CT molecular complexity index is 396. The zero-order valence-electron chi connectivity index (χ0n) is 7.81. The van der Waals surface area contributed by atoms with E-state index >= 15 is 0 Å². The van der Waals surface area contributed by atoms with Crippen LogP contribution in [0.25, 0.3) is 0 Å². The van der Waals surface area contributed by atoms with Gasteiger partial charge in [0.15, 0.2) is 0 Å². The zero-order chi connectivity index (χ0) is 10.3. The van der Waals surface area contributed by atoms with Crippen molar-refractivity contribution in [3.05, 3.63) is 34.1 Å². The van der Waals surface area contributed by atoms with Crippen molar-refractivity contribution in [2.24, 2.45) is 0 Å². The van der Waals surface area contributed by atoms with E-state index in [9.17, 15) is 9.18 Å².